The minimum atomic E-state index is -4.48. The Morgan fingerprint density at radius 2 is 1.94 bits per heavy atom. The van der Waals surface area contributed by atoms with Gasteiger partial charge < -0.3 is 14.5 Å². The lowest BCUT2D eigenvalue weighted by Gasteiger charge is -2.15. The Bertz CT molecular complexity index is 1040. The molecule has 0 aliphatic carbocycles. The number of halogens is 3. The number of nitrogens with one attached hydrogen (secondary N) is 1. The van der Waals surface area contributed by atoms with E-state index < -0.39 is 22.7 Å². The van der Waals surface area contributed by atoms with Gasteiger partial charge in [-0.25, -0.2) is 4.99 Å². The minimum absolute atomic E-state index is 0.0326. The molecule has 12 heteroatoms. The number of hydrogen-bond acceptors (Lipinski definition) is 7. The predicted octanol–water partition coefficient (Wildman–Crippen LogP) is 4.83. The molecule has 0 aromatic heterocycles. The maximum atomic E-state index is 12.9. The zero-order valence-electron chi connectivity index (χ0n) is 19.2. The Kier molecular flexibility index (Phi) is 9.51. The summed E-state index contributed by atoms with van der Waals surface area (Å²) in [6, 6.07) is 6.73. The van der Waals surface area contributed by atoms with Gasteiger partial charge in [-0.1, -0.05) is 6.07 Å². The summed E-state index contributed by atoms with van der Waals surface area (Å²) in [7, 11) is 3.18. The average Bonchev–Trinajstić information content (AvgIpc) is 2.79. The molecule has 184 valence electrons. The van der Waals surface area contributed by atoms with Crippen molar-refractivity contribution < 1.29 is 27.7 Å². The fourth-order valence-corrected chi connectivity index (χ4v) is 2.69. The molecule has 2 rings (SSSR count). The maximum Gasteiger partial charge on any atom is 0.416 e. The monoisotopic (exact) mass is 481 g/mol. The molecule has 0 spiro atoms. The van der Waals surface area contributed by atoms with Crippen LogP contribution in [0, 0.1) is 17.0 Å². The average molecular weight is 481 g/mol. The molecule has 0 saturated carbocycles. The van der Waals surface area contributed by atoms with E-state index in [0.717, 1.165) is 12.1 Å². The lowest BCUT2D eigenvalue weighted by atomic mass is 10.1. The predicted molar refractivity (Wildman–Crippen MR) is 123 cm³/mol. The van der Waals surface area contributed by atoms with Gasteiger partial charge in [-0.15, -0.1) is 0 Å². The van der Waals surface area contributed by atoms with E-state index in [0.29, 0.717) is 17.8 Å². The second kappa shape index (κ2) is 12.1. The van der Waals surface area contributed by atoms with E-state index in [2.05, 4.69) is 15.5 Å². The van der Waals surface area contributed by atoms with Crippen molar-refractivity contribution in [2.75, 3.05) is 27.3 Å². The Morgan fingerprint density at radius 1 is 1.24 bits per heavy atom. The molecule has 0 aliphatic heterocycles. The fourth-order valence-electron chi connectivity index (χ4n) is 2.69. The second-order valence-corrected chi connectivity index (χ2v) is 7.25. The van der Waals surface area contributed by atoms with Gasteiger partial charge in [0, 0.05) is 31.4 Å². The van der Waals surface area contributed by atoms with Crippen LogP contribution < -0.4 is 10.2 Å². The van der Waals surface area contributed by atoms with Crippen LogP contribution >= 0.6 is 0 Å². The molecule has 1 unspecified atom stereocenters. The number of rotatable bonds is 11. The first-order chi connectivity index (χ1) is 16.0. The number of aryl methyl sites for hydroxylation is 1. The number of nitro groups is 1. The number of aliphatic imine (C=N–C) groups is 2. The highest BCUT2D eigenvalue weighted by Crippen LogP contribution is 2.35. The molecule has 0 aliphatic rings. The van der Waals surface area contributed by atoms with Crippen LogP contribution in [0.1, 0.15) is 18.1 Å². The van der Waals surface area contributed by atoms with E-state index in [9.17, 15) is 23.3 Å². The molecule has 2 aromatic carbocycles. The lowest BCUT2D eigenvalue weighted by Crippen LogP contribution is -2.35. The van der Waals surface area contributed by atoms with Crippen LogP contribution in [0.5, 0.6) is 5.75 Å². The maximum absolute atomic E-state index is 12.9. The van der Waals surface area contributed by atoms with Gasteiger partial charge in [-0.05, 0) is 38.1 Å². The van der Waals surface area contributed by atoms with Gasteiger partial charge in [0.25, 0.3) is 5.69 Å². The second-order valence-electron chi connectivity index (χ2n) is 7.25. The fraction of sp³-hybridized carbons (Fsp3) is 0.364. The topological polar surface area (TPSA) is 102 Å². The highest BCUT2D eigenvalue weighted by molar-refractivity contribution is 5.78. The molecule has 0 fully saturated rings. The van der Waals surface area contributed by atoms with Gasteiger partial charge in [0.15, 0.2) is 0 Å². The van der Waals surface area contributed by atoms with Gasteiger partial charge in [0.2, 0.25) is 0 Å². The van der Waals surface area contributed by atoms with Crippen molar-refractivity contribution in [1.29, 1.82) is 0 Å². The first-order valence-corrected chi connectivity index (χ1v) is 10.2. The Labute approximate surface area is 195 Å². The summed E-state index contributed by atoms with van der Waals surface area (Å²) in [4.78, 5) is 26.2. The first-order valence-electron chi connectivity index (χ1n) is 10.2. The summed E-state index contributed by atoms with van der Waals surface area (Å²) in [5.41, 5.74) is 2.77. The van der Waals surface area contributed by atoms with E-state index in [1.165, 1.54) is 43.9 Å². The molecule has 0 bridgehead atoms. The number of alkyl halides is 3. The number of benzene rings is 2. The van der Waals surface area contributed by atoms with Crippen LogP contribution in [-0.2, 0) is 11.0 Å². The molecule has 0 saturated heterocycles. The quantitative estimate of drug-likeness (QED) is 0.213. The van der Waals surface area contributed by atoms with Crippen molar-refractivity contribution in [2.24, 2.45) is 9.98 Å². The van der Waals surface area contributed by atoms with Crippen LogP contribution in [0.4, 0.5) is 30.2 Å². The lowest BCUT2D eigenvalue weighted by molar-refractivity contribution is -0.385. The molecule has 34 heavy (non-hydrogen) atoms. The minimum Gasteiger partial charge on any atom is -0.491 e. The van der Waals surface area contributed by atoms with Gasteiger partial charge in [0.1, 0.15) is 18.4 Å². The molecular formula is C22H26F3N5O4. The number of nitro benzene ring substituents is 1. The summed E-state index contributed by atoms with van der Waals surface area (Å²) >= 11 is 0. The normalized spacial score (nSPS) is 12.9. The summed E-state index contributed by atoms with van der Waals surface area (Å²) in [5, 5.41) is 11.3. The summed E-state index contributed by atoms with van der Waals surface area (Å²) in [6.45, 7) is 4.10. The van der Waals surface area contributed by atoms with Crippen molar-refractivity contribution in [1.82, 2.24) is 10.4 Å². The van der Waals surface area contributed by atoms with Crippen molar-refractivity contribution in [3.8, 4) is 5.75 Å². The van der Waals surface area contributed by atoms with E-state index in [4.69, 9.17) is 9.57 Å². The Balaban J connectivity index is 2.27. The third-order valence-corrected chi connectivity index (χ3v) is 4.64. The molecule has 9 nitrogen and oxygen atoms in total. The highest BCUT2D eigenvalue weighted by atomic mass is 19.4. The van der Waals surface area contributed by atoms with Crippen LogP contribution in [0.15, 0.2) is 46.4 Å². The van der Waals surface area contributed by atoms with E-state index in [1.807, 2.05) is 6.92 Å². The number of hydroxylamine groups is 1. The standard InChI is InChI=1S/C22H26F3N5O4/c1-5-29(3)14-27-20-11-21(30(31)32)15(2)9-19(20)26-12-17(28-33-4)13-34-18-8-6-7-16(10-18)22(23,24)25/h6-12,14,17,28H,5,13H2,1-4H3. The molecule has 0 amide bonds. The molecule has 1 N–H and O–H groups in total. The largest absolute Gasteiger partial charge is 0.491 e. The van der Waals surface area contributed by atoms with Gasteiger partial charge >= 0.3 is 6.18 Å². The highest BCUT2D eigenvalue weighted by Gasteiger charge is 2.30. The Hall–Kier alpha value is -3.51. The van der Waals surface area contributed by atoms with Crippen LogP contribution in [0.2, 0.25) is 0 Å². The first kappa shape index (κ1) is 26.7. The molecule has 1 atom stereocenters. The van der Waals surface area contributed by atoms with Crippen LogP contribution in [0.25, 0.3) is 0 Å². The van der Waals surface area contributed by atoms with Crippen molar-refractivity contribution >= 4 is 29.6 Å². The molecule has 2 aromatic rings. The smallest absolute Gasteiger partial charge is 0.416 e. The number of ether oxygens (including phenoxy) is 1. The van der Waals surface area contributed by atoms with Crippen molar-refractivity contribution in [2.45, 2.75) is 26.1 Å². The van der Waals surface area contributed by atoms with E-state index in [1.54, 1.807) is 18.9 Å². The van der Waals surface area contributed by atoms with Gasteiger partial charge in [0.05, 0.1) is 35.3 Å². The summed E-state index contributed by atoms with van der Waals surface area (Å²) in [5.74, 6) is 0.0326. The third kappa shape index (κ3) is 7.81. The van der Waals surface area contributed by atoms with Crippen molar-refractivity contribution in [3.63, 3.8) is 0 Å². The zero-order chi connectivity index (χ0) is 25.3. The molecular weight excluding hydrogens is 455 g/mol. The number of nitrogens with zero attached hydrogens (tertiary/aromatic N) is 4. The van der Waals surface area contributed by atoms with Gasteiger partial charge in [-0.3, -0.25) is 15.1 Å². The third-order valence-electron chi connectivity index (χ3n) is 4.64. The van der Waals surface area contributed by atoms with E-state index >= 15 is 0 Å². The van der Waals surface area contributed by atoms with E-state index in [-0.39, 0.29) is 23.7 Å². The van der Waals surface area contributed by atoms with Crippen LogP contribution in [0.3, 0.4) is 0 Å². The van der Waals surface area contributed by atoms with Gasteiger partial charge in [-0.2, -0.15) is 18.7 Å². The zero-order valence-corrected chi connectivity index (χ0v) is 19.2. The Morgan fingerprint density at radius 3 is 2.56 bits per heavy atom. The summed E-state index contributed by atoms with van der Waals surface area (Å²) in [6.07, 6.45) is -1.52. The number of hydrogen-bond donors (Lipinski definition) is 1. The van der Waals surface area contributed by atoms with Crippen molar-refractivity contribution in [3.05, 3.63) is 57.6 Å². The molecule has 0 radical (unpaired) electrons. The van der Waals surface area contributed by atoms with Crippen LogP contribution in [-0.4, -0.2) is 55.7 Å². The SMILES string of the molecule is CCN(C)C=Nc1cc([N+](=O)[O-])c(C)cc1N=CC(COc1cccc(C(F)(F)F)c1)NOC. The summed E-state index contributed by atoms with van der Waals surface area (Å²) < 4.78 is 44.2. The molecule has 0 heterocycles.